The van der Waals surface area contributed by atoms with Crippen molar-refractivity contribution < 1.29 is 18.4 Å². The van der Waals surface area contributed by atoms with Crippen LogP contribution in [0.3, 0.4) is 0 Å². The van der Waals surface area contributed by atoms with Crippen LogP contribution in [0.5, 0.6) is 0 Å². The van der Waals surface area contributed by atoms with E-state index in [9.17, 15) is 18.4 Å². The van der Waals surface area contributed by atoms with Gasteiger partial charge < -0.3 is 11.1 Å². The highest BCUT2D eigenvalue weighted by Gasteiger charge is 2.45. The van der Waals surface area contributed by atoms with Gasteiger partial charge in [-0.25, -0.2) is 8.78 Å². The van der Waals surface area contributed by atoms with Gasteiger partial charge in [-0.3, -0.25) is 9.59 Å². The summed E-state index contributed by atoms with van der Waals surface area (Å²) < 4.78 is 26.9. The molecule has 7 heteroatoms. The first-order valence-corrected chi connectivity index (χ1v) is 5.93. The fourth-order valence-electron chi connectivity index (χ4n) is 1.55. The molecule has 0 aromatic carbocycles. The zero-order valence-electron chi connectivity index (χ0n) is 10.6. The first kappa shape index (κ1) is 15.3. The summed E-state index contributed by atoms with van der Waals surface area (Å²) in [4.78, 5) is 22.1. The van der Waals surface area contributed by atoms with Crippen molar-refractivity contribution in [2.45, 2.75) is 44.1 Å². The lowest BCUT2D eigenvalue weighted by Crippen LogP contribution is -2.37. The molecule has 0 bridgehead atoms. The van der Waals surface area contributed by atoms with Crippen LogP contribution in [-0.2, 0) is 9.59 Å². The van der Waals surface area contributed by atoms with Crippen LogP contribution in [0.2, 0.25) is 0 Å². The molecule has 0 spiro atoms. The van der Waals surface area contributed by atoms with Crippen molar-refractivity contribution in [2.75, 3.05) is 0 Å². The third-order valence-electron chi connectivity index (χ3n) is 3.00. The van der Waals surface area contributed by atoms with Crippen molar-refractivity contribution in [1.29, 1.82) is 5.26 Å². The van der Waals surface area contributed by atoms with Crippen LogP contribution < -0.4 is 11.1 Å². The van der Waals surface area contributed by atoms with E-state index in [1.165, 1.54) is 6.92 Å². The Morgan fingerprint density at radius 2 is 2.16 bits per heavy atom. The molecule has 1 rings (SSSR count). The SMILES string of the molecule is C[C@@H](CC(F)(F)C[CH]C(=O)NC1(C#N)CC1)C(N)=O. The molecule has 1 radical (unpaired) electrons. The van der Waals surface area contributed by atoms with Gasteiger partial charge in [-0.2, -0.15) is 5.26 Å². The Labute approximate surface area is 110 Å². The minimum Gasteiger partial charge on any atom is -0.369 e. The van der Waals surface area contributed by atoms with Gasteiger partial charge in [0.2, 0.25) is 17.7 Å². The van der Waals surface area contributed by atoms with E-state index in [2.05, 4.69) is 5.32 Å². The number of carbonyl (C=O) groups excluding carboxylic acids is 2. The second kappa shape index (κ2) is 5.51. The predicted molar refractivity (Wildman–Crippen MR) is 62.6 cm³/mol. The fraction of sp³-hybridized carbons (Fsp3) is 0.667. The zero-order valence-corrected chi connectivity index (χ0v) is 10.6. The molecule has 0 saturated heterocycles. The molecule has 1 saturated carbocycles. The third-order valence-corrected chi connectivity index (χ3v) is 3.00. The Bertz CT molecular complexity index is 414. The minimum atomic E-state index is -3.17. The van der Waals surface area contributed by atoms with Gasteiger partial charge in [0.25, 0.3) is 0 Å². The molecule has 19 heavy (non-hydrogen) atoms. The highest BCUT2D eigenvalue weighted by molar-refractivity contribution is 5.86. The number of nitrogens with two attached hydrogens (primary N) is 1. The molecule has 2 amide bonds. The van der Waals surface area contributed by atoms with E-state index in [1.807, 2.05) is 6.07 Å². The smallest absolute Gasteiger partial charge is 0.249 e. The number of hydrogen-bond acceptors (Lipinski definition) is 3. The molecule has 1 aliphatic carbocycles. The molecular formula is C12H16F2N3O2. The number of halogens is 2. The molecule has 0 aromatic rings. The van der Waals surface area contributed by atoms with E-state index in [0.29, 0.717) is 12.8 Å². The topological polar surface area (TPSA) is 96.0 Å². The minimum absolute atomic E-state index is 0.540. The Hall–Kier alpha value is -1.71. The maximum atomic E-state index is 13.4. The van der Waals surface area contributed by atoms with Crippen molar-refractivity contribution >= 4 is 11.8 Å². The molecule has 1 aliphatic rings. The summed E-state index contributed by atoms with van der Waals surface area (Å²) in [5, 5.41) is 11.1. The first-order chi connectivity index (χ1) is 8.70. The van der Waals surface area contributed by atoms with Crippen LogP contribution >= 0.6 is 0 Å². The summed E-state index contributed by atoms with van der Waals surface area (Å²) in [6.45, 7) is 1.31. The molecular weight excluding hydrogens is 256 g/mol. The fourth-order valence-corrected chi connectivity index (χ4v) is 1.55. The van der Waals surface area contributed by atoms with Crippen molar-refractivity contribution in [3.63, 3.8) is 0 Å². The summed E-state index contributed by atoms with van der Waals surface area (Å²) >= 11 is 0. The van der Waals surface area contributed by atoms with Gasteiger partial charge in [0.05, 0.1) is 12.5 Å². The lowest BCUT2D eigenvalue weighted by atomic mass is 9.99. The number of primary amides is 1. The van der Waals surface area contributed by atoms with E-state index in [1.54, 1.807) is 0 Å². The largest absolute Gasteiger partial charge is 0.369 e. The Kier molecular flexibility index (Phi) is 4.45. The monoisotopic (exact) mass is 272 g/mol. The number of hydrogen-bond donors (Lipinski definition) is 2. The second-order valence-electron chi connectivity index (χ2n) is 4.95. The number of amides is 2. The van der Waals surface area contributed by atoms with Gasteiger partial charge in [-0.15, -0.1) is 0 Å². The molecule has 0 unspecified atom stereocenters. The van der Waals surface area contributed by atoms with Gasteiger partial charge in [0.1, 0.15) is 5.54 Å². The molecule has 0 heterocycles. The van der Waals surface area contributed by atoms with Crippen LogP contribution in [0.25, 0.3) is 0 Å². The van der Waals surface area contributed by atoms with E-state index in [4.69, 9.17) is 11.0 Å². The van der Waals surface area contributed by atoms with Crippen molar-refractivity contribution in [1.82, 2.24) is 5.32 Å². The predicted octanol–water partition coefficient (Wildman–Crippen LogP) is 0.900. The van der Waals surface area contributed by atoms with E-state index < -0.39 is 42.0 Å². The van der Waals surface area contributed by atoms with Gasteiger partial charge in [-0.1, -0.05) is 6.92 Å². The molecule has 5 nitrogen and oxygen atoms in total. The number of nitrogens with one attached hydrogen (secondary N) is 1. The van der Waals surface area contributed by atoms with Crippen molar-refractivity contribution in [2.24, 2.45) is 11.7 Å². The van der Waals surface area contributed by atoms with Gasteiger partial charge in [-0.05, 0) is 12.8 Å². The summed E-state index contributed by atoms with van der Waals surface area (Å²) in [5.74, 6) is -5.62. The summed E-state index contributed by atoms with van der Waals surface area (Å²) in [6, 6.07) is 1.93. The molecule has 105 valence electrons. The number of carbonyl (C=O) groups is 2. The second-order valence-corrected chi connectivity index (χ2v) is 4.95. The lowest BCUT2D eigenvalue weighted by Gasteiger charge is -2.19. The maximum Gasteiger partial charge on any atom is 0.249 e. The number of nitrogens with zero attached hydrogens (tertiary/aromatic N) is 1. The standard InChI is InChI=1S/C12H16F2N3O2/c1-8(10(16)19)6-12(13,14)3-2-9(18)17-11(7-15)4-5-11/h2,8H,3-6H2,1H3,(H2,16,19)(H,17,18)/t8-/m0/s1. The first-order valence-electron chi connectivity index (χ1n) is 5.93. The van der Waals surface area contributed by atoms with Crippen LogP contribution in [0.1, 0.15) is 32.6 Å². The van der Waals surface area contributed by atoms with E-state index in [-0.39, 0.29) is 0 Å². The number of nitriles is 1. The zero-order chi connectivity index (χ0) is 14.7. The number of alkyl halides is 2. The average molecular weight is 272 g/mol. The molecule has 0 aromatic heterocycles. The third kappa shape index (κ3) is 4.81. The van der Waals surface area contributed by atoms with Crippen molar-refractivity contribution in [3.05, 3.63) is 6.42 Å². The lowest BCUT2D eigenvalue weighted by molar-refractivity contribution is -0.125. The van der Waals surface area contributed by atoms with E-state index >= 15 is 0 Å². The number of rotatable bonds is 7. The molecule has 3 N–H and O–H groups in total. The quantitative estimate of drug-likeness (QED) is 0.720. The highest BCUT2D eigenvalue weighted by Crippen LogP contribution is 2.34. The van der Waals surface area contributed by atoms with Crippen LogP contribution in [0, 0.1) is 23.7 Å². The Morgan fingerprint density at radius 1 is 1.58 bits per heavy atom. The Balaban J connectivity index is 2.36. The van der Waals surface area contributed by atoms with E-state index in [0.717, 1.165) is 6.42 Å². The Morgan fingerprint density at radius 3 is 2.58 bits per heavy atom. The maximum absolute atomic E-state index is 13.4. The van der Waals surface area contributed by atoms with Crippen molar-refractivity contribution in [3.8, 4) is 6.07 Å². The molecule has 1 fully saturated rings. The van der Waals surface area contributed by atoms with Crippen LogP contribution in [0.15, 0.2) is 0 Å². The molecule has 1 atom stereocenters. The normalized spacial score (nSPS) is 18.2. The van der Waals surface area contributed by atoms with Gasteiger partial charge in [0, 0.05) is 18.8 Å². The van der Waals surface area contributed by atoms with Crippen LogP contribution in [0.4, 0.5) is 8.78 Å². The summed E-state index contributed by atoms with van der Waals surface area (Å²) in [5.41, 5.74) is 4.04. The highest BCUT2D eigenvalue weighted by atomic mass is 19.3. The van der Waals surface area contributed by atoms with Gasteiger partial charge in [0.15, 0.2) is 0 Å². The van der Waals surface area contributed by atoms with Crippen LogP contribution in [-0.4, -0.2) is 23.3 Å². The summed E-state index contributed by atoms with van der Waals surface area (Å²) in [6.07, 6.45) is 0.412. The molecule has 0 aliphatic heterocycles. The summed E-state index contributed by atoms with van der Waals surface area (Å²) in [7, 11) is 0. The average Bonchev–Trinajstić information content (AvgIpc) is 3.06. The van der Waals surface area contributed by atoms with Gasteiger partial charge >= 0.3 is 0 Å².